The fraction of sp³-hybridized carbons (Fsp3) is 0.158. The highest BCUT2D eigenvalue weighted by Gasteiger charge is 2.35. The Balaban J connectivity index is 1.99. The summed E-state index contributed by atoms with van der Waals surface area (Å²) in [6.45, 7) is 1.71. The number of rotatable bonds is 7. The van der Waals surface area contributed by atoms with Crippen LogP contribution in [0.15, 0.2) is 46.1 Å². The number of benzene rings is 2. The van der Waals surface area contributed by atoms with Gasteiger partial charge in [0.05, 0.1) is 22.3 Å². The molecule has 2 aromatic carbocycles. The topological polar surface area (TPSA) is 99.6 Å². The molecule has 0 bridgehead atoms. The molecule has 3 rings (SSSR count). The summed E-state index contributed by atoms with van der Waals surface area (Å²) in [4.78, 5) is 14.2. The number of halogens is 4. The van der Waals surface area contributed by atoms with Gasteiger partial charge in [0.2, 0.25) is 0 Å². The molecule has 0 aliphatic carbocycles. The van der Waals surface area contributed by atoms with Crippen molar-refractivity contribution in [3.05, 3.63) is 69.3 Å². The number of carbonyl (C=O) groups is 1. The van der Waals surface area contributed by atoms with Crippen molar-refractivity contribution in [3.8, 4) is 0 Å². The fourth-order valence-corrected chi connectivity index (χ4v) is 5.14. The molecule has 13 heteroatoms. The molecular formula is C19H15ClF3N3O4S2. The van der Waals surface area contributed by atoms with Crippen LogP contribution in [0.1, 0.15) is 24.9 Å². The second-order valence-corrected chi connectivity index (χ2v) is 9.35. The molecule has 7 nitrogen and oxygen atoms in total. The minimum Gasteiger partial charge on any atom is -0.464 e. The summed E-state index contributed by atoms with van der Waals surface area (Å²) in [6.07, 6.45) is -1.55. The highest BCUT2D eigenvalue weighted by molar-refractivity contribution is 7.93. The third kappa shape index (κ3) is 4.81. The van der Waals surface area contributed by atoms with Gasteiger partial charge in [0.25, 0.3) is 10.0 Å². The van der Waals surface area contributed by atoms with Gasteiger partial charge in [-0.3, -0.25) is 0 Å². The summed E-state index contributed by atoms with van der Waals surface area (Å²) in [6, 6.07) is 3.77. The lowest BCUT2D eigenvalue weighted by atomic mass is 10.0. The zero-order valence-electron chi connectivity index (χ0n) is 16.2. The Bertz CT molecular complexity index is 1240. The molecule has 1 heterocycles. The maximum Gasteiger partial charge on any atom is 0.427 e. The van der Waals surface area contributed by atoms with Crippen molar-refractivity contribution in [2.75, 3.05) is 9.62 Å². The molecule has 3 aromatic rings. The van der Waals surface area contributed by atoms with Crippen molar-refractivity contribution >= 4 is 50.6 Å². The zero-order chi connectivity index (χ0) is 23.6. The maximum atomic E-state index is 14.8. The third-order valence-corrected chi connectivity index (χ3v) is 6.95. The van der Waals surface area contributed by atoms with E-state index in [9.17, 15) is 31.5 Å². The van der Waals surface area contributed by atoms with E-state index >= 15 is 0 Å². The summed E-state index contributed by atoms with van der Waals surface area (Å²) in [7, 11) is -4.90. The Hall–Kier alpha value is -2.83. The van der Waals surface area contributed by atoms with E-state index in [1.807, 2.05) is 0 Å². The predicted octanol–water partition coefficient (Wildman–Crippen LogP) is 5.65. The van der Waals surface area contributed by atoms with Crippen molar-refractivity contribution in [2.45, 2.75) is 24.3 Å². The number of aromatic nitrogens is 1. The highest BCUT2D eigenvalue weighted by atomic mass is 35.5. The number of hydrogen-bond acceptors (Lipinski definition) is 6. The number of amides is 1. The first-order valence-corrected chi connectivity index (χ1v) is 11.7. The number of nitrogens with one attached hydrogen (secondary N) is 1. The molecule has 32 heavy (non-hydrogen) atoms. The van der Waals surface area contributed by atoms with E-state index in [1.54, 1.807) is 6.92 Å². The first-order valence-electron chi connectivity index (χ1n) is 8.92. The molecule has 1 unspecified atom stereocenters. The minimum atomic E-state index is -4.90. The molecule has 0 saturated heterocycles. The predicted molar refractivity (Wildman–Crippen MR) is 114 cm³/mol. The van der Waals surface area contributed by atoms with Gasteiger partial charge < -0.3 is 10.4 Å². The van der Waals surface area contributed by atoms with Crippen molar-refractivity contribution < 1.29 is 31.5 Å². The van der Waals surface area contributed by atoms with Crippen molar-refractivity contribution in [2.24, 2.45) is 0 Å². The van der Waals surface area contributed by atoms with Crippen LogP contribution >= 0.6 is 22.9 Å². The van der Waals surface area contributed by atoms with Gasteiger partial charge in [-0.25, -0.2) is 31.4 Å². The van der Waals surface area contributed by atoms with Gasteiger partial charge in [0, 0.05) is 11.4 Å². The van der Waals surface area contributed by atoms with Crippen molar-refractivity contribution in [1.82, 2.24) is 4.98 Å². The Morgan fingerprint density at radius 1 is 1.22 bits per heavy atom. The summed E-state index contributed by atoms with van der Waals surface area (Å²) < 4.78 is 67.6. The monoisotopic (exact) mass is 505 g/mol. The summed E-state index contributed by atoms with van der Waals surface area (Å²) >= 11 is 7.10. The standard InChI is InChI=1S/C19H15ClF3N3O4S2/c1-2-15(10-3-11(21)5-12(22)4-10)25-16-7-14(23)17(6-13(16)20)32(29,30)26(19(27)28)18-8-31-9-24-18/h3-9,15,25H,2H2,1H3,(H,27,28). The molecule has 0 aliphatic rings. The van der Waals surface area contributed by atoms with Crippen LogP contribution in [0.2, 0.25) is 5.02 Å². The largest absolute Gasteiger partial charge is 0.464 e. The van der Waals surface area contributed by atoms with E-state index in [2.05, 4.69) is 10.3 Å². The van der Waals surface area contributed by atoms with Crippen molar-refractivity contribution in [3.63, 3.8) is 0 Å². The van der Waals surface area contributed by atoms with Crippen LogP contribution in [0, 0.1) is 17.5 Å². The van der Waals surface area contributed by atoms with Crippen LogP contribution in [-0.4, -0.2) is 24.6 Å². The molecule has 0 saturated carbocycles. The van der Waals surface area contributed by atoms with Gasteiger partial charge in [-0.1, -0.05) is 18.5 Å². The maximum absolute atomic E-state index is 14.8. The molecule has 0 aliphatic heterocycles. The minimum absolute atomic E-state index is 0.0461. The smallest absolute Gasteiger partial charge is 0.427 e. The van der Waals surface area contributed by atoms with Gasteiger partial charge in [-0.15, -0.1) is 15.6 Å². The summed E-state index contributed by atoms with van der Waals surface area (Å²) in [5.41, 5.74) is 1.41. The molecule has 1 aromatic heterocycles. The number of carboxylic acid groups (broad SMARTS) is 1. The van der Waals surface area contributed by atoms with Crippen LogP contribution < -0.4 is 9.62 Å². The molecule has 170 valence electrons. The van der Waals surface area contributed by atoms with Crippen LogP contribution in [-0.2, 0) is 10.0 Å². The number of hydrogen-bond donors (Lipinski definition) is 2. The number of thiazole rings is 1. The van der Waals surface area contributed by atoms with E-state index in [-0.39, 0.29) is 20.6 Å². The first kappa shape index (κ1) is 23.8. The van der Waals surface area contributed by atoms with E-state index in [0.29, 0.717) is 12.5 Å². The van der Waals surface area contributed by atoms with Crippen LogP contribution in [0.3, 0.4) is 0 Å². The lowest BCUT2D eigenvalue weighted by Crippen LogP contribution is -2.36. The lowest BCUT2D eigenvalue weighted by molar-refractivity contribution is 0.206. The normalized spacial score (nSPS) is 12.4. The fourth-order valence-electron chi connectivity index (χ4n) is 2.95. The van der Waals surface area contributed by atoms with Crippen LogP contribution in [0.4, 0.5) is 29.5 Å². The van der Waals surface area contributed by atoms with E-state index in [0.717, 1.165) is 35.6 Å². The number of anilines is 2. The highest BCUT2D eigenvalue weighted by Crippen LogP contribution is 2.34. The van der Waals surface area contributed by atoms with Crippen molar-refractivity contribution in [1.29, 1.82) is 0 Å². The first-order chi connectivity index (χ1) is 15.0. The van der Waals surface area contributed by atoms with Gasteiger partial charge in [-0.2, -0.15) is 0 Å². The van der Waals surface area contributed by atoms with Gasteiger partial charge in [0.15, 0.2) is 5.82 Å². The molecule has 0 radical (unpaired) electrons. The second kappa shape index (κ2) is 9.35. The lowest BCUT2D eigenvalue weighted by Gasteiger charge is -2.21. The molecule has 0 fully saturated rings. The van der Waals surface area contributed by atoms with E-state index in [1.165, 1.54) is 10.9 Å². The molecule has 2 N–H and O–H groups in total. The Morgan fingerprint density at radius 3 is 2.41 bits per heavy atom. The van der Waals surface area contributed by atoms with E-state index in [4.69, 9.17) is 11.6 Å². The van der Waals surface area contributed by atoms with Gasteiger partial charge in [0.1, 0.15) is 22.3 Å². The molecular weight excluding hydrogens is 491 g/mol. The quantitative estimate of drug-likeness (QED) is 0.430. The van der Waals surface area contributed by atoms with E-state index < -0.39 is 50.3 Å². The Morgan fingerprint density at radius 2 is 1.88 bits per heavy atom. The SMILES string of the molecule is CCC(Nc1cc(F)c(S(=O)(=O)N(C(=O)O)c2cscn2)cc1Cl)c1cc(F)cc(F)c1. The Kier molecular flexibility index (Phi) is 6.96. The summed E-state index contributed by atoms with van der Waals surface area (Å²) in [5, 5.41) is 13.1. The average molecular weight is 506 g/mol. The van der Waals surface area contributed by atoms with Gasteiger partial charge >= 0.3 is 6.09 Å². The van der Waals surface area contributed by atoms with Crippen LogP contribution in [0.5, 0.6) is 0 Å². The number of nitrogens with zero attached hydrogens (tertiary/aromatic N) is 2. The second-order valence-electron chi connectivity index (χ2n) is 6.47. The van der Waals surface area contributed by atoms with Crippen LogP contribution in [0.25, 0.3) is 0 Å². The summed E-state index contributed by atoms with van der Waals surface area (Å²) in [5.74, 6) is -3.29. The molecule has 0 spiro atoms. The zero-order valence-corrected chi connectivity index (χ0v) is 18.6. The third-order valence-electron chi connectivity index (χ3n) is 4.37. The number of sulfonamides is 1. The average Bonchev–Trinajstić information content (AvgIpc) is 3.20. The molecule has 1 atom stereocenters. The van der Waals surface area contributed by atoms with Gasteiger partial charge in [-0.05, 0) is 36.2 Å². The molecule has 1 amide bonds. The Labute approximate surface area is 190 Å².